The van der Waals surface area contributed by atoms with Gasteiger partial charge >= 0.3 is 5.97 Å². The average molecular weight is 476 g/mol. The van der Waals surface area contributed by atoms with Crippen LogP contribution in [-0.2, 0) is 24.0 Å². The number of guanidine groups is 1. The highest BCUT2D eigenvalue weighted by Crippen LogP contribution is 2.02. The number of aliphatic carboxylic acids is 1. The molecule has 0 aromatic rings. The lowest BCUT2D eigenvalue weighted by atomic mass is 10.1. The van der Waals surface area contributed by atoms with Crippen LogP contribution in [0.15, 0.2) is 4.99 Å². The minimum absolute atomic E-state index is 0.0502. The third-order valence-electron chi connectivity index (χ3n) is 4.20. The third-order valence-corrected chi connectivity index (χ3v) is 4.20. The van der Waals surface area contributed by atoms with Crippen molar-refractivity contribution in [3.63, 3.8) is 0 Å². The molecular weight excluding hydrogens is 444 g/mol. The second-order valence-electron chi connectivity index (χ2n) is 7.10. The van der Waals surface area contributed by atoms with Gasteiger partial charge in [-0.25, -0.2) is 4.79 Å². The number of nitrogens with zero attached hydrogens (tertiary/aromatic N) is 1. The molecule has 0 fully saturated rings. The van der Waals surface area contributed by atoms with Gasteiger partial charge < -0.3 is 54.2 Å². The molecule has 0 saturated heterocycles. The molecule has 33 heavy (non-hydrogen) atoms. The summed E-state index contributed by atoms with van der Waals surface area (Å²) in [4.78, 5) is 62.8. The first-order chi connectivity index (χ1) is 15.3. The molecule has 5 atom stereocenters. The third kappa shape index (κ3) is 11.6. The smallest absolute Gasteiger partial charge is 0.326 e. The van der Waals surface area contributed by atoms with Crippen LogP contribution in [0.3, 0.4) is 0 Å². The first kappa shape index (κ1) is 29.5. The van der Waals surface area contributed by atoms with E-state index in [4.69, 9.17) is 22.9 Å². The Balaban J connectivity index is 5.15. The zero-order valence-corrected chi connectivity index (χ0v) is 18.1. The fourth-order valence-electron chi connectivity index (χ4n) is 2.46. The molecule has 188 valence electrons. The van der Waals surface area contributed by atoms with E-state index in [1.165, 1.54) is 0 Å². The summed E-state index contributed by atoms with van der Waals surface area (Å²) in [7, 11) is 0. The van der Waals surface area contributed by atoms with E-state index in [1.54, 1.807) is 0 Å². The van der Waals surface area contributed by atoms with Crippen molar-refractivity contribution in [2.75, 3.05) is 13.2 Å². The number of carbonyl (C=O) groups is 5. The van der Waals surface area contributed by atoms with Gasteiger partial charge in [-0.15, -0.1) is 0 Å². The molecule has 0 rings (SSSR count). The van der Waals surface area contributed by atoms with Crippen LogP contribution < -0.4 is 38.9 Å². The van der Waals surface area contributed by atoms with Crippen molar-refractivity contribution >= 4 is 35.6 Å². The summed E-state index contributed by atoms with van der Waals surface area (Å²) in [5, 5.41) is 35.0. The normalized spacial score (nSPS) is 15.2. The molecule has 5 unspecified atom stereocenters. The zero-order valence-electron chi connectivity index (χ0n) is 18.1. The molecule has 14 N–H and O–H groups in total. The zero-order chi connectivity index (χ0) is 25.7. The van der Waals surface area contributed by atoms with E-state index in [9.17, 15) is 39.3 Å². The number of primary amides is 1. The predicted octanol–water partition coefficient (Wildman–Crippen LogP) is -5.85. The Labute approximate surface area is 189 Å². The van der Waals surface area contributed by atoms with Crippen molar-refractivity contribution in [1.29, 1.82) is 0 Å². The Morgan fingerprint density at radius 2 is 1.52 bits per heavy atom. The minimum Gasteiger partial charge on any atom is -0.480 e. The Kier molecular flexibility index (Phi) is 13.0. The van der Waals surface area contributed by atoms with E-state index >= 15 is 0 Å². The Bertz CT molecular complexity index is 741. The number of rotatable bonds is 15. The van der Waals surface area contributed by atoms with Crippen LogP contribution >= 0.6 is 0 Å². The number of carboxylic acids is 1. The molecule has 4 amide bonds. The van der Waals surface area contributed by atoms with Crippen LogP contribution in [-0.4, -0.2) is 94.3 Å². The monoisotopic (exact) mass is 476 g/mol. The molecule has 0 aromatic heterocycles. The summed E-state index contributed by atoms with van der Waals surface area (Å²) >= 11 is 0. The van der Waals surface area contributed by atoms with Crippen LogP contribution in [0.4, 0.5) is 0 Å². The molecule has 0 radical (unpaired) electrons. The molecule has 0 saturated carbocycles. The number of aliphatic hydroxyl groups is 2. The lowest BCUT2D eigenvalue weighted by Crippen LogP contribution is -2.60. The van der Waals surface area contributed by atoms with Crippen molar-refractivity contribution in [3.05, 3.63) is 0 Å². The maximum absolute atomic E-state index is 12.5. The van der Waals surface area contributed by atoms with Crippen LogP contribution in [0.5, 0.6) is 0 Å². The number of carboxylic acid groups (broad SMARTS) is 1. The van der Waals surface area contributed by atoms with Crippen LogP contribution in [0.25, 0.3) is 0 Å². The van der Waals surface area contributed by atoms with Crippen LogP contribution in [0.1, 0.15) is 26.2 Å². The maximum Gasteiger partial charge on any atom is 0.326 e. The topological polar surface area (TPSA) is 299 Å². The van der Waals surface area contributed by atoms with E-state index in [0.29, 0.717) is 0 Å². The first-order valence-electron chi connectivity index (χ1n) is 9.82. The molecule has 0 aliphatic carbocycles. The summed E-state index contributed by atoms with van der Waals surface area (Å²) in [5.41, 5.74) is 20.8. The van der Waals surface area contributed by atoms with E-state index < -0.39 is 72.9 Å². The van der Waals surface area contributed by atoms with E-state index in [-0.39, 0.29) is 25.3 Å². The molecule has 0 bridgehead atoms. The van der Waals surface area contributed by atoms with Gasteiger partial charge in [-0.3, -0.25) is 24.2 Å². The fourth-order valence-corrected chi connectivity index (χ4v) is 2.46. The van der Waals surface area contributed by atoms with E-state index in [1.807, 2.05) is 0 Å². The second kappa shape index (κ2) is 14.5. The summed E-state index contributed by atoms with van der Waals surface area (Å²) in [6.45, 7) is 0.375. The summed E-state index contributed by atoms with van der Waals surface area (Å²) < 4.78 is 0. The predicted molar refractivity (Wildman–Crippen MR) is 114 cm³/mol. The van der Waals surface area contributed by atoms with Crippen LogP contribution in [0.2, 0.25) is 0 Å². The highest BCUT2D eigenvalue weighted by molar-refractivity contribution is 5.95. The number of carbonyl (C=O) groups excluding carboxylic acids is 4. The summed E-state index contributed by atoms with van der Waals surface area (Å²) in [6, 6.07) is -5.96. The van der Waals surface area contributed by atoms with Gasteiger partial charge in [0.05, 0.1) is 25.2 Å². The SMILES string of the molecule is CC(O)C(NC(=O)C(CO)NC(=O)C(N)CC(N)=O)C(=O)NC(CCCN=C(N)N)C(=O)O. The Hall–Kier alpha value is -3.50. The highest BCUT2D eigenvalue weighted by Gasteiger charge is 2.32. The van der Waals surface area contributed by atoms with Crippen molar-refractivity contribution in [2.45, 2.75) is 56.5 Å². The van der Waals surface area contributed by atoms with Gasteiger partial charge in [-0.2, -0.15) is 0 Å². The van der Waals surface area contributed by atoms with Crippen molar-refractivity contribution in [1.82, 2.24) is 16.0 Å². The first-order valence-corrected chi connectivity index (χ1v) is 9.82. The summed E-state index contributed by atoms with van der Waals surface area (Å²) in [6.07, 6.45) is -1.82. The largest absolute Gasteiger partial charge is 0.480 e. The van der Waals surface area contributed by atoms with Crippen molar-refractivity contribution in [3.8, 4) is 0 Å². The van der Waals surface area contributed by atoms with Gasteiger partial charge in [0.1, 0.15) is 18.1 Å². The lowest BCUT2D eigenvalue weighted by molar-refractivity contribution is -0.143. The van der Waals surface area contributed by atoms with E-state index in [0.717, 1.165) is 6.92 Å². The molecule has 0 aromatic carbocycles. The maximum atomic E-state index is 12.5. The number of aliphatic hydroxyl groups excluding tert-OH is 2. The number of nitrogens with one attached hydrogen (secondary N) is 3. The molecule has 0 heterocycles. The van der Waals surface area contributed by atoms with Gasteiger partial charge in [-0.05, 0) is 19.8 Å². The van der Waals surface area contributed by atoms with Gasteiger partial charge in [0, 0.05) is 6.54 Å². The Morgan fingerprint density at radius 1 is 0.939 bits per heavy atom. The number of hydrogen-bond acceptors (Lipinski definition) is 9. The van der Waals surface area contributed by atoms with Crippen molar-refractivity contribution in [2.24, 2.45) is 27.9 Å². The molecule has 0 aliphatic heterocycles. The molecule has 0 spiro atoms. The molecule has 16 nitrogen and oxygen atoms in total. The number of nitrogens with two attached hydrogens (primary N) is 4. The van der Waals surface area contributed by atoms with Crippen LogP contribution in [0, 0.1) is 0 Å². The lowest BCUT2D eigenvalue weighted by Gasteiger charge is -2.25. The quantitative estimate of drug-likeness (QED) is 0.0602. The molecule has 16 heteroatoms. The molecule has 0 aliphatic rings. The number of hydrogen-bond donors (Lipinski definition) is 10. The number of amides is 4. The Morgan fingerprint density at radius 3 is 1.97 bits per heavy atom. The molecular formula is C17H32N8O8. The average Bonchev–Trinajstić information content (AvgIpc) is 2.70. The highest BCUT2D eigenvalue weighted by atomic mass is 16.4. The van der Waals surface area contributed by atoms with Gasteiger partial charge in [0.25, 0.3) is 0 Å². The fraction of sp³-hybridized carbons (Fsp3) is 0.647. The number of aliphatic imine (C=N–C) groups is 1. The minimum atomic E-state index is -1.62. The second-order valence-corrected chi connectivity index (χ2v) is 7.10. The summed E-state index contributed by atoms with van der Waals surface area (Å²) in [5.74, 6) is -5.47. The van der Waals surface area contributed by atoms with Gasteiger partial charge in [0.15, 0.2) is 5.96 Å². The van der Waals surface area contributed by atoms with Gasteiger partial charge in [0.2, 0.25) is 23.6 Å². The van der Waals surface area contributed by atoms with E-state index in [2.05, 4.69) is 20.9 Å². The van der Waals surface area contributed by atoms with Gasteiger partial charge in [-0.1, -0.05) is 0 Å². The van der Waals surface area contributed by atoms with Crippen molar-refractivity contribution < 1.29 is 39.3 Å². The standard InChI is InChI=1S/C17H32N8O8/c1-7(27)12(15(31)23-9(16(32)33)3-2-4-22-17(20)21)25-14(30)10(6-26)24-13(29)8(18)5-11(19)28/h7-10,12,26-27H,2-6,18H2,1H3,(H2,19,28)(H,23,31)(H,24,29)(H,25,30)(H,32,33)(H4,20,21,22).